The third-order valence-electron chi connectivity index (χ3n) is 3.05. The molecule has 0 amide bonds. The molecule has 0 aliphatic rings. The van der Waals surface area contributed by atoms with E-state index in [0.717, 1.165) is 38.5 Å². The van der Waals surface area contributed by atoms with E-state index in [9.17, 15) is 9.59 Å². The highest BCUT2D eigenvalue weighted by atomic mass is 16.6. The second-order valence-electron chi connectivity index (χ2n) is 6.13. The molecule has 0 atom stereocenters. The molecule has 0 radical (unpaired) electrons. The molecule has 0 rings (SSSR count). The second-order valence-corrected chi connectivity index (χ2v) is 6.13. The minimum absolute atomic E-state index is 0.363. The van der Waals surface area contributed by atoms with Crippen molar-refractivity contribution in [3.05, 3.63) is 0 Å². The third kappa shape index (κ3) is 13.4. The van der Waals surface area contributed by atoms with Gasteiger partial charge in [0.2, 0.25) is 0 Å². The first kappa shape index (κ1) is 18.1. The van der Waals surface area contributed by atoms with E-state index in [1.165, 1.54) is 0 Å². The van der Waals surface area contributed by atoms with Gasteiger partial charge in [-0.1, -0.05) is 53.4 Å². The molecule has 0 aliphatic carbocycles. The quantitative estimate of drug-likeness (QED) is 0.334. The molecule has 0 aliphatic heterocycles. The van der Waals surface area contributed by atoms with Crippen LogP contribution < -0.4 is 0 Å². The fourth-order valence-electron chi connectivity index (χ4n) is 1.87. The van der Waals surface area contributed by atoms with Gasteiger partial charge in [-0.2, -0.15) is 0 Å². The minimum Gasteiger partial charge on any atom is -0.393 e. The summed E-state index contributed by atoms with van der Waals surface area (Å²) >= 11 is 0. The molecule has 112 valence electrons. The summed E-state index contributed by atoms with van der Waals surface area (Å²) in [6, 6.07) is 0. The van der Waals surface area contributed by atoms with Crippen molar-refractivity contribution in [1.82, 2.24) is 0 Å². The molecular weight excluding hydrogens is 240 g/mol. The topological polar surface area (TPSA) is 43.4 Å². The van der Waals surface area contributed by atoms with Gasteiger partial charge in [0.15, 0.2) is 0 Å². The third-order valence-corrected chi connectivity index (χ3v) is 3.05. The molecule has 0 aromatic carbocycles. The average Bonchev–Trinajstić information content (AvgIpc) is 2.30. The summed E-state index contributed by atoms with van der Waals surface area (Å²) in [5.41, 5.74) is 0. The SMILES string of the molecule is CC(C)CCCCC(=O)OC(=O)CCCCC(C)C. The highest BCUT2D eigenvalue weighted by Gasteiger charge is 2.10. The lowest BCUT2D eigenvalue weighted by atomic mass is 10.1. The van der Waals surface area contributed by atoms with Crippen LogP contribution >= 0.6 is 0 Å². The second kappa shape index (κ2) is 11.0. The summed E-state index contributed by atoms with van der Waals surface area (Å²) in [5, 5.41) is 0. The Morgan fingerprint density at radius 3 is 1.42 bits per heavy atom. The molecule has 0 saturated heterocycles. The predicted molar refractivity (Wildman–Crippen MR) is 77.7 cm³/mol. The molecule has 0 bridgehead atoms. The summed E-state index contributed by atoms with van der Waals surface area (Å²) < 4.78 is 4.79. The Morgan fingerprint density at radius 2 is 1.11 bits per heavy atom. The summed E-state index contributed by atoms with van der Waals surface area (Å²) in [4.78, 5) is 22.8. The van der Waals surface area contributed by atoms with Gasteiger partial charge < -0.3 is 4.74 Å². The maximum atomic E-state index is 11.4. The Balaban J connectivity index is 3.50. The molecule has 3 nitrogen and oxygen atoms in total. The molecule has 0 aromatic rings. The number of rotatable bonds is 10. The zero-order chi connectivity index (χ0) is 14.7. The maximum Gasteiger partial charge on any atom is 0.313 e. The molecule has 0 saturated carbocycles. The van der Waals surface area contributed by atoms with Gasteiger partial charge in [0, 0.05) is 12.8 Å². The zero-order valence-electron chi connectivity index (χ0n) is 13.0. The fraction of sp³-hybridized carbons (Fsp3) is 0.875. The summed E-state index contributed by atoms with van der Waals surface area (Å²) in [6.07, 6.45) is 6.65. The lowest BCUT2D eigenvalue weighted by Gasteiger charge is -2.05. The van der Waals surface area contributed by atoms with Crippen LogP contribution in [0.2, 0.25) is 0 Å². The van der Waals surface area contributed by atoms with Gasteiger partial charge in [0.25, 0.3) is 0 Å². The fourth-order valence-corrected chi connectivity index (χ4v) is 1.87. The van der Waals surface area contributed by atoms with E-state index < -0.39 is 0 Å². The number of carbonyl (C=O) groups excluding carboxylic acids is 2. The van der Waals surface area contributed by atoms with Crippen LogP contribution in [0.1, 0.15) is 79.1 Å². The Kier molecular flexibility index (Phi) is 10.5. The number of esters is 2. The number of hydrogen-bond donors (Lipinski definition) is 0. The van der Waals surface area contributed by atoms with Crippen LogP contribution in [-0.2, 0) is 14.3 Å². The molecule has 3 heteroatoms. The molecule has 0 aromatic heterocycles. The van der Waals surface area contributed by atoms with E-state index in [1.54, 1.807) is 0 Å². The van der Waals surface area contributed by atoms with Crippen LogP contribution in [0, 0.1) is 11.8 Å². The minimum atomic E-state index is -0.363. The van der Waals surface area contributed by atoms with E-state index in [-0.39, 0.29) is 11.9 Å². The standard InChI is InChI=1S/C16H30O3/c1-13(2)9-5-7-11-15(17)19-16(18)12-8-6-10-14(3)4/h13-14H,5-12H2,1-4H3. The predicted octanol–water partition coefficient (Wildman–Crippen LogP) is 4.49. The molecule has 19 heavy (non-hydrogen) atoms. The largest absolute Gasteiger partial charge is 0.393 e. The average molecular weight is 270 g/mol. The van der Waals surface area contributed by atoms with Gasteiger partial charge >= 0.3 is 11.9 Å². The Bertz CT molecular complexity index is 231. The van der Waals surface area contributed by atoms with Crippen LogP contribution in [0.25, 0.3) is 0 Å². The van der Waals surface area contributed by atoms with Crippen LogP contribution in [0.5, 0.6) is 0 Å². The monoisotopic (exact) mass is 270 g/mol. The van der Waals surface area contributed by atoms with E-state index in [0.29, 0.717) is 24.7 Å². The van der Waals surface area contributed by atoms with Gasteiger partial charge in [-0.25, -0.2) is 0 Å². The van der Waals surface area contributed by atoms with Crippen molar-refractivity contribution >= 4 is 11.9 Å². The van der Waals surface area contributed by atoms with E-state index in [4.69, 9.17) is 4.74 Å². The van der Waals surface area contributed by atoms with E-state index in [2.05, 4.69) is 27.7 Å². The van der Waals surface area contributed by atoms with Crippen LogP contribution in [-0.4, -0.2) is 11.9 Å². The highest BCUT2D eigenvalue weighted by molar-refractivity contribution is 5.85. The maximum absolute atomic E-state index is 11.4. The van der Waals surface area contributed by atoms with Gasteiger partial charge in [-0.3, -0.25) is 9.59 Å². The summed E-state index contributed by atoms with van der Waals surface area (Å²) in [5.74, 6) is 0.604. The van der Waals surface area contributed by atoms with Gasteiger partial charge in [-0.15, -0.1) is 0 Å². The molecule has 0 unspecified atom stereocenters. The molecule has 0 fully saturated rings. The number of hydrogen-bond acceptors (Lipinski definition) is 3. The van der Waals surface area contributed by atoms with Crippen molar-refractivity contribution in [1.29, 1.82) is 0 Å². The van der Waals surface area contributed by atoms with Crippen molar-refractivity contribution < 1.29 is 14.3 Å². The summed E-state index contributed by atoms with van der Waals surface area (Å²) in [6.45, 7) is 8.66. The Morgan fingerprint density at radius 1 is 0.737 bits per heavy atom. The summed E-state index contributed by atoms with van der Waals surface area (Å²) in [7, 11) is 0. The van der Waals surface area contributed by atoms with Crippen LogP contribution in [0.4, 0.5) is 0 Å². The number of carbonyl (C=O) groups is 2. The van der Waals surface area contributed by atoms with Gasteiger partial charge in [0.05, 0.1) is 0 Å². The highest BCUT2D eigenvalue weighted by Crippen LogP contribution is 2.10. The molecular formula is C16H30O3. The van der Waals surface area contributed by atoms with Crippen LogP contribution in [0.3, 0.4) is 0 Å². The van der Waals surface area contributed by atoms with Crippen molar-refractivity contribution in [2.45, 2.75) is 79.1 Å². The first-order valence-electron chi connectivity index (χ1n) is 7.65. The van der Waals surface area contributed by atoms with Gasteiger partial charge in [0.1, 0.15) is 0 Å². The van der Waals surface area contributed by atoms with E-state index >= 15 is 0 Å². The van der Waals surface area contributed by atoms with Crippen molar-refractivity contribution in [3.63, 3.8) is 0 Å². The number of ether oxygens (including phenoxy) is 1. The lowest BCUT2D eigenvalue weighted by molar-refractivity contribution is -0.159. The smallest absolute Gasteiger partial charge is 0.313 e. The van der Waals surface area contributed by atoms with Gasteiger partial charge in [-0.05, 0) is 24.7 Å². The van der Waals surface area contributed by atoms with Crippen molar-refractivity contribution in [2.75, 3.05) is 0 Å². The molecule has 0 spiro atoms. The molecule has 0 heterocycles. The lowest BCUT2D eigenvalue weighted by Crippen LogP contribution is -2.12. The van der Waals surface area contributed by atoms with Crippen molar-refractivity contribution in [3.8, 4) is 0 Å². The van der Waals surface area contributed by atoms with Crippen LogP contribution in [0.15, 0.2) is 0 Å². The molecule has 0 N–H and O–H groups in total. The first-order chi connectivity index (χ1) is 8.91. The van der Waals surface area contributed by atoms with Crippen molar-refractivity contribution in [2.24, 2.45) is 11.8 Å². The van der Waals surface area contributed by atoms with E-state index in [1.807, 2.05) is 0 Å². The normalized spacial score (nSPS) is 11.1. The Labute approximate surface area is 118 Å². The Hall–Kier alpha value is -0.860. The zero-order valence-corrected chi connectivity index (χ0v) is 13.0. The first-order valence-corrected chi connectivity index (χ1v) is 7.65. The number of unbranched alkanes of at least 4 members (excludes halogenated alkanes) is 2.